The van der Waals surface area contributed by atoms with Gasteiger partial charge in [0.25, 0.3) is 11.6 Å². The second-order valence-corrected chi connectivity index (χ2v) is 8.95. The Kier molecular flexibility index (Phi) is 8.91. The molecule has 0 radical (unpaired) electrons. The summed E-state index contributed by atoms with van der Waals surface area (Å²) < 4.78 is 40.7. The predicted molar refractivity (Wildman–Crippen MR) is 120 cm³/mol. The quantitative estimate of drug-likeness (QED) is 0.265. The molecule has 0 spiro atoms. The number of non-ortho nitro benzene ring substituents is 1. The van der Waals surface area contributed by atoms with E-state index in [0.29, 0.717) is 25.1 Å². The molecule has 0 bridgehead atoms. The highest BCUT2D eigenvalue weighted by Crippen LogP contribution is 2.34. The van der Waals surface area contributed by atoms with Crippen LogP contribution in [0.4, 0.5) is 5.69 Å². The Labute approximate surface area is 192 Å². The third-order valence-corrected chi connectivity index (χ3v) is 6.45. The summed E-state index contributed by atoms with van der Waals surface area (Å²) in [7, 11) is -2.62. The number of carbonyl (C=O) groups excluding carboxylic acids is 1. The molecule has 2 rings (SSSR count). The first-order chi connectivity index (χ1) is 15.5. The molecule has 0 aliphatic carbocycles. The Morgan fingerprint density at radius 3 is 2.61 bits per heavy atom. The molecule has 1 aromatic heterocycles. The van der Waals surface area contributed by atoms with Crippen LogP contribution in [0.3, 0.4) is 0 Å². The third-order valence-electron chi connectivity index (χ3n) is 4.84. The van der Waals surface area contributed by atoms with Gasteiger partial charge in [-0.2, -0.15) is 5.10 Å². The highest BCUT2D eigenvalue weighted by molar-refractivity contribution is 7.89. The Morgan fingerprint density at radius 1 is 1.33 bits per heavy atom. The monoisotopic (exact) mass is 483 g/mol. The smallest absolute Gasteiger partial charge is 0.272 e. The number of nitro benzene ring substituents is 1. The Bertz CT molecular complexity index is 1110. The predicted octanol–water partition coefficient (Wildman–Crippen LogP) is 2.36. The van der Waals surface area contributed by atoms with Crippen LogP contribution in [0.25, 0.3) is 0 Å². The number of hydrogen-bond donors (Lipinski definition) is 2. The van der Waals surface area contributed by atoms with Gasteiger partial charge in [0, 0.05) is 43.9 Å². The van der Waals surface area contributed by atoms with E-state index in [1.165, 1.54) is 17.9 Å². The van der Waals surface area contributed by atoms with Crippen LogP contribution in [-0.4, -0.2) is 55.3 Å². The first kappa shape index (κ1) is 26.2. The molecule has 0 saturated carbocycles. The maximum atomic E-state index is 13.0. The molecule has 2 aromatic rings. The first-order valence-corrected chi connectivity index (χ1v) is 11.9. The fourth-order valence-electron chi connectivity index (χ4n) is 2.87. The molecule has 0 aliphatic rings. The van der Waals surface area contributed by atoms with E-state index in [-0.39, 0.29) is 28.8 Å². The van der Waals surface area contributed by atoms with Gasteiger partial charge in [0.05, 0.1) is 11.5 Å². The number of ether oxygens (including phenoxy) is 2. The Balaban J connectivity index is 2.52. The van der Waals surface area contributed by atoms with Gasteiger partial charge in [-0.05, 0) is 33.3 Å². The molecule has 1 atom stereocenters. The molecule has 182 valence electrons. The fourth-order valence-corrected chi connectivity index (χ4v) is 4.34. The van der Waals surface area contributed by atoms with Crippen molar-refractivity contribution in [3.05, 3.63) is 39.6 Å². The molecule has 13 heteroatoms. The van der Waals surface area contributed by atoms with Crippen molar-refractivity contribution in [2.24, 2.45) is 0 Å². The van der Waals surface area contributed by atoms with E-state index < -0.39 is 32.6 Å². The summed E-state index contributed by atoms with van der Waals surface area (Å²) in [5.74, 6) is -0.403. The average Bonchev–Trinajstić information content (AvgIpc) is 3.08. The fraction of sp³-hybridized carbons (Fsp3) is 0.500. The Morgan fingerprint density at radius 2 is 2.03 bits per heavy atom. The molecule has 1 heterocycles. The van der Waals surface area contributed by atoms with E-state index in [1.54, 1.807) is 27.7 Å². The second kappa shape index (κ2) is 11.2. The van der Waals surface area contributed by atoms with Crippen molar-refractivity contribution in [3.8, 4) is 11.6 Å². The van der Waals surface area contributed by atoms with E-state index in [0.717, 1.165) is 12.1 Å². The lowest BCUT2D eigenvalue weighted by atomic mass is 10.2. The van der Waals surface area contributed by atoms with Crippen LogP contribution >= 0.6 is 0 Å². The van der Waals surface area contributed by atoms with Gasteiger partial charge in [-0.1, -0.05) is 6.92 Å². The lowest BCUT2D eigenvalue weighted by molar-refractivity contribution is -0.385. The van der Waals surface area contributed by atoms with Crippen molar-refractivity contribution in [3.63, 3.8) is 0 Å². The maximum Gasteiger partial charge on any atom is 0.272 e. The molecule has 0 fully saturated rings. The minimum atomic E-state index is -4.14. The number of sulfonamides is 1. The van der Waals surface area contributed by atoms with Crippen molar-refractivity contribution in [2.75, 3.05) is 20.3 Å². The number of methoxy groups -OCH3 is 1. The van der Waals surface area contributed by atoms with Crippen LogP contribution in [0, 0.1) is 17.0 Å². The van der Waals surface area contributed by atoms with Crippen molar-refractivity contribution in [1.29, 1.82) is 0 Å². The van der Waals surface area contributed by atoms with Crippen LogP contribution in [0.2, 0.25) is 0 Å². The zero-order valence-corrected chi connectivity index (χ0v) is 20.1. The zero-order chi connectivity index (χ0) is 24.8. The van der Waals surface area contributed by atoms with Crippen LogP contribution in [0.15, 0.2) is 23.1 Å². The summed E-state index contributed by atoms with van der Waals surface area (Å²) in [6.45, 7) is 7.84. The molecule has 2 N–H and O–H groups in total. The number of benzene rings is 1. The minimum absolute atomic E-state index is 0.118. The molecule has 0 saturated heterocycles. The lowest BCUT2D eigenvalue weighted by Crippen LogP contribution is -2.32. The van der Waals surface area contributed by atoms with Gasteiger partial charge in [0.1, 0.15) is 10.6 Å². The van der Waals surface area contributed by atoms with E-state index in [9.17, 15) is 23.3 Å². The zero-order valence-electron chi connectivity index (χ0n) is 19.2. The number of nitro groups is 1. The number of rotatable bonds is 12. The number of nitrogens with one attached hydrogen (secondary N) is 2. The molecular formula is C20H29N5O7S. The summed E-state index contributed by atoms with van der Waals surface area (Å²) in [4.78, 5) is 22.7. The summed E-state index contributed by atoms with van der Waals surface area (Å²) in [5, 5.41) is 18.2. The number of nitrogens with zero attached hydrogens (tertiary/aromatic N) is 3. The third kappa shape index (κ3) is 6.27. The van der Waals surface area contributed by atoms with Crippen molar-refractivity contribution in [1.82, 2.24) is 19.8 Å². The van der Waals surface area contributed by atoms with E-state index in [1.807, 2.05) is 0 Å². The van der Waals surface area contributed by atoms with Gasteiger partial charge in [-0.3, -0.25) is 14.9 Å². The normalized spacial score (nSPS) is 12.4. The number of aromatic nitrogens is 2. The largest absolute Gasteiger partial charge is 0.438 e. The van der Waals surface area contributed by atoms with Gasteiger partial charge in [0.2, 0.25) is 15.9 Å². The van der Waals surface area contributed by atoms with E-state index >= 15 is 0 Å². The highest BCUT2D eigenvalue weighted by Gasteiger charge is 2.27. The standard InChI is InChI=1S/C20H29N5O7S/c1-6-13(3)23-33(29,30)17-12-15(25(27)28)8-9-16(17)32-20-14(4)18(22-24(20)7-2)19(26)21-10-11-31-5/h8-9,12-13,23H,6-7,10-11H2,1-5H3,(H,21,26)/t13-/m1/s1. The van der Waals surface area contributed by atoms with Crippen LogP contribution < -0.4 is 14.8 Å². The molecule has 0 unspecified atom stereocenters. The second-order valence-electron chi connectivity index (χ2n) is 7.26. The molecule has 12 nitrogen and oxygen atoms in total. The van der Waals surface area contributed by atoms with Crippen molar-refractivity contribution < 1.29 is 27.6 Å². The Hall–Kier alpha value is -3.03. The topological polar surface area (TPSA) is 155 Å². The van der Waals surface area contributed by atoms with Gasteiger partial charge in [-0.15, -0.1) is 0 Å². The van der Waals surface area contributed by atoms with E-state index in [4.69, 9.17) is 9.47 Å². The summed E-state index contributed by atoms with van der Waals surface area (Å²) >= 11 is 0. The molecule has 0 aliphatic heterocycles. The number of aryl methyl sites for hydroxylation is 1. The lowest BCUT2D eigenvalue weighted by Gasteiger charge is -2.16. The maximum absolute atomic E-state index is 13.0. The highest BCUT2D eigenvalue weighted by atomic mass is 32.2. The average molecular weight is 484 g/mol. The molecule has 1 amide bonds. The number of carbonyl (C=O) groups is 1. The van der Waals surface area contributed by atoms with Crippen LogP contribution in [0.5, 0.6) is 11.6 Å². The SMILES string of the molecule is CC[C@@H](C)NS(=O)(=O)c1cc([N+](=O)[O-])ccc1Oc1c(C)c(C(=O)NCCOC)nn1CC. The van der Waals surface area contributed by atoms with Crippen molar-refractivity contribution in [2.45, 2.75) is 51.6 Å². The molecule has 33 heavy (non-hydrogen) atoms. The van der Waals surface area contributed by atoms with Crippen LogP contribution in [-0.2, 0) is 21.3 Å². The van der Waals surface area contributed by atoms with Gasteiger partial charge in [0.15, 0.2) is 5.69 Å². The first-order valence-electron chi connectivity index (χ1n) is 10.4. The summed E-state index contributed by atoms with van der Waals surface area (Å²) in [6.07, 6.45) is 0.521. The minimum Gasteiger partial charge on any atom is -0.438 e. The number of amides is 1. The molecular weight excluding hydrogens is 454 g/mol. The molecule has 1 aromatic carbocycles. The van der Waals surface area contributed by atoms with Gasteiger partial charge in [-0.25, -0.2) is 17.8 Å². The van der Waals surface area contributed by atoms with E-state index in [2.05, 4.69) is 15.1 Å². The number of hydrogen-bond acceptors (Lipinski definition) is 8. The van der Waals surface area contributed by atoms with Gasteiger partial charge < -0.3 is 14.8 Å². The van der Waals surface area contributed by atoms with Crippen LogP contribution in [0.1, 0.15) is 43.2 Å². The van der Waals surface area contributed by atoms with Crippen molar-refractivity contribution >= 4 is 21.6 Å². The summed E-state index contributed by atoms with van der Waals surface area (Å²) in [5.41, 5.74) is 0.112. The summed E-state index contributed by atoms with van der Waals surface area (Å²) in [6, 6.07) is 2.92. The van der Waals surface area contributed by atoms with Gasteiger partial charge >= 0.3 is 0 Å².